The van der Waals surface area contributed by atoms with Crippen molar-refractivity contribution in [2.45, 2.75) is 56.3 Å². The largest absolute Gasteiger partial charge is 0.388 e. The van der Waals surface area contributed by atoms with Crippen LogP contribution in [0.5, 0.6) is 0 Å². The van der Waals surface area contributed by atoms with Crippen molar-refractivity contribution in [1.29, 1.82) is 0 Å². The Bertz CT molecular complexity index is 396. The van der Waals surface area contributed by atoms with Crippen molar-refractivity contribution in [1.82, 2.24) is 10.2 Å². The zero-order valence-corrected chi connectivity index (χ0v) is 13.6. The molecule has 1 spiro atoms. The van der Waals surface area contributed by atoms with E-state index < -0.39 is 5.60 Å². The fourth-order valence-electron chi connectivity index (χ4n) is 3.67. The molecule has 0 aromatic rings. The normalized spacial score (nSPS) is 40.5. The summed E-state index contributed by atoms with van der Waals surface area (Å²) < 4.78 is 5.99. The van der Waals surface area contributed by atoms with Crippen molar-refractivity contribution in [2.24, 2.45) is 0 Å². The Kier molecular flexibility index (Phi) is 4.39. The summed E-state index contributed by atoms with van der Waals surface area (Å²) in [7, 11) is 0. The van der Waals surface area contributed by atoms with Gasteiger partial charge in [-0.25, -0.2) is 4.79 Å². The van der Waals surface area contributed by atoms with Crippen molar-refractivity contribution in [3.63, 3.8) is 0 Å². The number of rotatable bonds is 1. The number of hydrogen-bond donors (Lipinski definition) is 2. The fourth-order valence-corrected chi connectivity index (χ4v) is 5.05. The number of amides is 2. The van der Waals surface area contributed by atoms with Crippen LogP contribution in [0.25, 0.3) is 0 Å². The first-order valence-corrected chi connectivity index (χ1v) is 9.13. The van der Waals surface area contributed by atoms with Gasteiger partial charge in [-0.3, -0.25) is 0 Å². The molecule has 3 heterocycles. The number of carbonyl (C=O) groups excluding carboxylic acids is 1. The molecule has 6 heteroatoms. The smallest absolute Gasteiger partial charge is 0.317 e. The van der Waals surface area contributed by atoms with Crippen molar-refractivity contribution in [2.75, 3.05) is 31.2 Å². The summed E-state index contributed by atoms with van der Waals surface area (Å²) in [4.78, 5) is 14.2. The molecule has 3 unspecified atom stereocenters. The summed E-state index contributed by atoms with van der Waals surface area (Å²) in [5.74, 6) is 2.22. The maximum Gasteiger partial charge on any atom is 0.317 e. The Morgan fingerprint density at radius 1 is 1.48 bits per heavy atom. The minimum Gasteiger partial charge on any atom is -0.388 e. The van der Waals surface area contributed by atoms with Gasteiger partial charge in [0.15, 0.2) is 0 Å². The number of likely N-dealkylation sites (tertiary alicyclic amines) is 1. The van der Waals surface area contributed by atoms with Crippen molar-refractivity contribution in [3.05, 3.63) is 0 Å². The van der Waals surface area contributed by atoms with Gasteiger partial charge >= 0.3 is 6.03 Å². The van der Waals surface area contributed by atoms with Crippen LogP contribution in [-0.4, -0.2) is 64.5 Å². The monoisotopic (exact) mass is 314 g/mol. The summed E-state index contributed by atoms with van der Waals surface area (Å²) in [6.07, 6.45) is 4.56. The molecule has 3 aliphatic heterocycles. The van der Waals surface area contributed by atoms with Crippen LogP contribution >= 0.6 is 11.8 Å². The highest BCUT2D eigenvalue weighted by Crippen LogP contribution is 2.38. The van der Waals surface area contributed by atoms with Crippen LogP contribution in [0, 0.1) is 0 Å². The van der Waals surface area contributed by atoms with E-state index in [1.807, 2.05) is 18.7 Å². The summed E-state index contributed by atoms with van der Waals surface area (Å²) in [6.45, 7) is 3.73. The van der Waals surface area contributed by atoms with E-state index in [0.717, 1.165) is 56.8 Å². The average Bonchev–Trinajstić information content (AvgIpc) is 2.85. The number of nitrogens with zero attached hydrogens (tertiary/aromatic N) is 1. The van der Waals surface area contributed by atoms with Gasteiger partial charge in [0.2, 0.25) is 0 Å². The van der Waals surface area contributed by atoms with E-state index in [1.165, 1.54) is 0 Å². The van der Waals surface area contributed by atoms with E-state index in [9.17, 15) is 9.90 Å². The number of piperidine rings is 1. The minimum absolute atomic E-state index is 0.00570. The number of carbonyl (C=O) groups is 1. The van der Waals surface area contributed by atoms with E-state index in [-0.39, 0.29) is 17.7 Å². The standard InChI is InChI=1S/C15H26N2O3S/c1-14(19)4-2-6-17(10-14)13(18)16-12-3-7-20-15(9-12)5-8-21-11-15/h12,19H,2-11H2,1H3,(H,16,18). The first kappa shape index (κ1) is 15.4. The highest BCUT2D eigenvalue weighted by Gasteiger charge is 2.41. The van der Waals surface area contributed by atoms with Gasteiger partial charge in [-0.1, -0.05) is 0 Å². The molecule has 2 N–H and O–H groups in total. The van der Waals surface area contributed by atoms with Gasteiger partial charge in [-0.2, -0.15) is 11.8 Å². The third kappa shape index (κ3) is 3.66. The summed E-state index contributed by atoms with van der Waals surface area (Å²) >= 11 is 1.95. The van der Waals surface area contributed by atoms with Gasteiger partial charge in [0.05, 0.1) is 17.7 Å². The Hall–Kier alpha value is -0.460. The third-order valence-corrected chi connectivity index (χ3v) is 6.07. The maximum atomic E-state index is 12.4. The number of urea groups is 1. The van der Waals surface area contributed by atoms with Gasteiger partial charge < -0.3 is 20.1 Å². The number of aliphatic hydroxyl groups is 1. The van der Waals surface area contributed by atoms with Gasteiger partial charge in [0.25, 0.3) is 0 Å². The Labute approximate surface area is 130 Å². The predicted molar refractivity (Wildman–Crippen MR) is 83.6 cm³/mol. The SMILES string of the molecule is CC1(O)CCCN(C(=O)NC2CCOC3(CCSC3)C2)C1. The van der Waals surface area contributed by atoms with Gasteiger partial charge in [-0.15, -0.1) is 0 Å². The molecule has 3 saturated heterocycles. The molecule has 5 nitrogen and oxygen atoms in total. The molecule has 0 aliphatic carbocycles. The lowest BCUT2D eigenvalue weighted by atomic mass is 9.90. The number of hydrogen-bond acceptors (Lipinski definition) is 4. The average molecular weight is 314 g/mol. The lowest BCUT2D eigenvalue weighted by molar-refractivity contribution is -0.0694. The molecule has 2 amide bonds. The molecular weight excluding hydrogens is 288 g/mol. The van der Waals surface area contributed by atoms with E-state index in [1.54, 1.807) is 4.90 Å². The first-order chi connectivity index (χ1) is 9.98. The number of β-amino-alcohol motifs (C(OH)–C–C–N with tert-alkyl or cyclic N) is 1. The molecule has 3 rings (SSSR count). The maximum absolute atomic E-state index is 12.4. The molecule has 0 aromatic carbocycles. The predicted octanol–water partition coefficient (Wildman–Crippen LogP) is 1.60. The second-order valence-corrected chi connectivity index (χ2v) is 8.10. The van der Waals surface area contributed by atoms with Crippen LogP contribution in [-0.2, 0) is 4.74 Å². The quantitative estimate of drug-likeness (QED) is 0.772. The molecule has 0 radical (unpaired) electrons. The Balaban J connectivity index is 1.54. The van der Waals surface area contributed by atoms with Gasteiger partial charge in [0.1, 0.15) is 0 Å². The molecule has 3 atom stereocenters. The van der Waals surface area contributed by atoms with E-state index >= 15 is 0 Å². The van der Waals surface area contributed by atoms with Crippen LogP contribution in [0.15, 0.2) is 0 Å². The number of ether oxygens (including phenoxy) is 1. The lowest BCUT2D eigenvalue weighted by Gasteiger charge is -2.40. The summed E-state index contributed by atoms with van der Waals surface area (Å²) in [5.41, 5.74) is -0.747. The first-order valence-electron chi connectivity index (χ1n) is 7.98. The van der Waals surface area contributed by atoms with Crippen LogP contribution in [0.3, 0.4) is 0 Å². The molecular formula is C15H26N2O3S. The molecule has 21 heavy (non-hydrogen) atoms. The minimum atomic E-state index is -0.741. The van der Waals surface area contributed by atoms with Gasteiger partial charge in [-0.05, 0) is 44.8 Å². The molecule has 0 aromatic heterocycles. The van der Waals surface area contributed by atoms with E-state index in [2.05, 4.69) is 5.32 Å². The van der Waals surface area contributed by atoms with E-state index in [0.29, 0.717) is 6.54 Å². The van der Waals surface area contributed by atoms with Crippen LogP contribution in [0.2, 0.25) is 0 Å². The third-order valence-electron chi connectivity index (χ3n) is 4.85. The molecule has 0 saturated carbocycles. The second kappa shape index (κ2) is 5.97. The Morgan fingerprint density at radius 2 is 2.33 bits per heavy atom. The number of nitrogens with one attached hydrogen (secondary N) is 1. The van der Waals surface area contributed by atoms with Crippen molar-refractivity contribution >= 4 is 17.8 Å². The highest BCUT2D eigenvalue weighted by molar-refractivity contribution is 7.99. The Morgan fingerprint density at radius 3 is 3.05 bits per heavy atom. The van der Waals surface area contributed by atoms with Crippen LogP contribution < -0.4 is 5.32 Å². The molecule has 3 fully saturated rings. The van der Waals surface area contributed by atoms with Crippen LogP contribution in [0.4, 0.5) is 4.79 Å². The summed E-state index contributed by atoms with van der Waals surface area (Å²) in [5, 5.41) is 13.3. The number of thioether (sulfide) groups is 1. The van der Waals surface area contributed by atoms with E-state index in [4.69, 9.17) is 4.74 Å². The summed E-state index contributed by atoms with van der Waals surface area (Å²) in [6, 6.07) is 0.180. The second-order valence-electron chi connectivity index (χ2n) is 7.00. The van der Waals surface area contributed by atoms with Crippen molar-refractivity contribution < 1.29 is 14.6 Å². The fraction of sp³-hybridized carbons (Fsp3) is 0.933. The van der Waals surface area contributed by atoms with Crippen LogP contribution in [0.1, 0.15) is 39.0 Å². The molecule has 3 aliphatic rings. The zero-order valence-electron chi connectivity index (χ0n) is 12.8. The van der Waals surface area contributed by atoms with Gasteiger partial charge in [0, 0.05) is 24.9 Å². The highest BCUT2D eigenvalue weighted by atomic mass is 32.2. The molecule has 0 bridgehead atoms. The topological polar surface area (TPSA) is 61.8 Å². The van der Waals surface area contributed by atoms with Crippen molar-refractivity contribution in [3.8, 4) is 0 Å². The zero-order chi connectivity index (χ0) is 14.9. The molecule has 120 valence electrons. The lowest BCUT2D eigenvalue weighted by Crippen LogP contribution is -2.56.